The van der Waals surface area contributed by atoms with Crippen molar-refractivity contribution in [3.05, 3.63) is 84.2 Å². The number of para-hydroxylation sites is 1. The number of hydrogen-bond acceptors (Lipinski definition) is 2. The summed E-state index contributed by atoms with van der Waals surface area (Å²) in [5, 5.41) is 14.7. The molecule has 1 N–H and O–H groups in total. The number of aliphatic hydroxyl groups is 1. The van der Waals surface area contributed by atoms with Gasteiger partial charge in [-0.3, -0.25) is 0 Å². The summed E-state index contributed by atoms with van der Waals surface area (Å²) in [4.78, 5) is 0. The molecule has 1 atom stereocenters. The normalized spacial score (nSPS) is 12.2. The Kier molecular flexibility index (Phi) is 4.12. The van der Waals surface area contributed by atoms with E-state index in [9.17, 15) is 5.11 Å². The van der Waals surface area contributed by atoms with Gasteiger partial charge in [0.15, 0.2) is 0 Å². The van der Waals surface area contributed by atoms with Gasteiger partial charge in [0.25, 0.3) is 0 Å². The van der Waals surface area contributed by atoms with E-state index in [2.05, 4.69) is 5.10 Å². The molecule has 0 aliphatic carbocycles. The van der Waals surface area contributed by atoms with Gasteiger partial charge in [0.1, 0.15) is 0 Å². The van der Waals surface area contributed by atoms with Crippen LogP contribution in [0.3, 0.4) is 0 Å². The standard InChI is InChI=1S/C18H18N2O/c21-18(15-7-3-1-4-8-15)12-11-16-13-14-20(19-16)17-9-5-2-6-10-17/h1-10,13-14,18,21H,11-12H2. The second kappa shape index (κ2) is 6.37. The number of aliphatic hydroxyl groups excluding tert-OH is 1. The molecule has 3 aromatic rings. The quantitative estimate of drug-likeness (QED) is 0.775. The highest BCUT2D eigenvalue weighted by atomic mass is 16.3. The van der Waals surface area contributed by atoms with Gasteiger partial charge >= 0.3 is 0 Å². The minimum Gasteiger partial charge on any atom is -0.388 e. The van der Waals surface area contributed by atoms with Gasteiger partial charge in [-0.25, -0.2) is 4.68 Å². The molecular formula is C18H18N2O. The van der Waals surface area contributed by atoms with Crippen LogP contribution in [-0.4, -0.2) is 14.9 Å². The van der Waals surface area contributed by atoms with Gasteiger partial charge in [0.05, 0.1) is 17.5 Å². The molecule has 0 aliphatic heterocycles. The molecule has 1 unspecified atom stereocenters. The molecule has 0 radical (unpaired) electrons. The zero-order chi connectivity index (χ0) is 14.5. The minimum atomic E-state index is -0.437. The molecule has 0 fully saturated rings. The van der Waals surface area contributed by atoms with Crippen molar-refractivity contribution in [1.82, 2.24) is 9.78 Å². The van der Waals surface area contributed by atoms with Crippen molar-refractivity contribution in [3.63, 3.8) is 0 Å². The van der Waals surface area contributed by atoms with E-state index in [1.807, 2.05) is 77.6 Å². The average molecular weight is 278 g/mol. The van der Waals surface area contributed by atoms with Crippen LogP contribution in [0.15, 0.2) is 72.9 Å². The van der Waals surface area contributed by atoms with Crippen molar-refractivity contribution in [2.45, 2.75) is 18.9 Å². The Labute approximate surface area is 124 Å². The molecule has 0 bridgehead atoms. The van der Waals surface area contributed by atoms with Crippen molar-refractivity contribution >= 4 is 0 Å². The van der Waals surface area contributed by atoms with Gasteiger partial charge in [-0.2, -0.15) is 5.10 Å². The van der Waals surface area contributed by atoms with E-state index >= 15 is 0 Å². The lowest BCUT2D eigenvalue weighted by atomic mass is 10.0. The van der Waals surface area contributed by atoms with E-state index in [0.717, 1.165) is 23.4 Å². The van der Waals surface area contributed by atoms with Crippen molar-refractivity contribution in [1.29, 1.82) is 0 Å². The molecular weight excluding hydrogens is 260 g/mol. The largest absolute Gasteiger partial charge is 0.388 e. The van der Waals surface area contributed by atoms with Crippen LogP contribution in [0, 0.1) is 0 Å². The summed E-state index contributed by atoms with van der Waals surface area (Å²) in [5.41, 5.74) is 3.00. The molecule has 0 saturated carbocycles. The Hall–Kier alpha value is -2.39. The van der Waals surface area contributed by atoms with Crippen molar-refractivity contribution in [3.8, 4) is 5.69 Å². The predicted octanol–water partition coefficient (Wildman–Crippen LogP) is 3.54. The van der Waals surface area contributed by atoms with Gasteiger partial charge in [0.2, 0.25) is 0 Å². The number of hydrogen-bond donors (Lipinski definition) is 1. The molecule has 1 aromatic heterocycles. The van der Waals surface area contributed by atoms with Gasteiger partial charge in [0, 0.05) is 6.20 Å². The molecule has 2 aromatic carbocycles. The molecule has 0 aliphatic rings. The molecule has 0 spiro atoms. The van der Waals surface area contributed by atoms with Crippen LogP contribution in [0.5, 0.6) is 0 Å². The first-order valence-electron chi connectivity index (χ1n) is 7.16. The number of rotatable bonds is 5. The maximum atomic E-state index is 10.2. The second-order valence-electron chi connectivity index (χ2n) is 5.05. The van der Waals surface area contributed by atoms with E-state index in [-0.39, 0.29) is 0 Å². The first-order chi connectivity index (χ1) is 10.3. The van der Waals surface area contributed by atoms with Crippen molar-refractivity contribution in [2.24, 2.45) is 0 Å². The first kappa shape index (κ1) is 13.6. The van der Waals surface area contributed by atoms with E-state index in [1.165, 1.54) is 0 Å². The van der Waals surface area contributed by atoms with Gasteiger partial charge in [-0.05, 0) is 36.6 Å². The molecule has 3 heteroatoms. The summed E-state index contributed by atoms with van der Waals surface area (Å²) in [6, 6.07) is 21.8. The Morgan fingerprint density at radius 2 is 1.57 bits per heavy atom. The third-order valence-electron chi connectivity index (χ3n) is 3.52. The fourth-order valence-corrected chi connectivity index (χ4v) is 2.35. The van der Waals surface area contributed by atoms with Crippen LogP contribution < -0.4 is 0 Å². The highest BCUT2D eigenvalue weighted by Gasteiger charge is 2.08. The summed E-state index contributed by atoms with van der Waals surface area (Å²) in [6.07, 6.45) is 2.96. The van der Waals surface area contributed by atoms with Gasteiger partial charge in [-0.15, -0.1) is 0 Å². The monoisotopic (exact) mass is 278 g/mol. The molecule has 0 amide bonds. The summed E-state index contributed by atoms with van der Waals surface area (Å²) in [6.45, 7) is 0. The third kappa shape index (κ3) is 3.38. The molecule has 3 nitrogen and oxygen atoms in total. The topological polar surface area (TPSA) is 38.0 Å². The predicted molar refractivity (Wildman–Crippen MR) is 83.3 cm³/mol. The second-order valence-corrected chi connectivity index (χ2v) is 5.05. The van der Waals surface area contributed by atoms with Crippen LogP contribution >= 0.6 is 0 Å². The molecule has 21 heavy (non-hydrogen) atoms. The molecule has 106 valence electrons. The van der Waals surface area contributed by atoms with Crippen LogP contribution in [0.25, 0.3) is 5.69 Å². The zero-order valence-electron chi connectivity index (χ0n) is 11.8. The lowest BCUT2D eigenvalue weighted by Gasteiger charge is -2.09. The van der Waals surface area contributed by atoms with E-state index in [4.69, 9.17) is 0 Å². The van der Waals surface area contributed by atoms with E-state index < -0.39 is 6.10 Å². The van der Waals surface area contributed by atoms with Gasteiger partial charge in [-0.1, -0.05) is 48.5 Å². The Bertz CT molecular complexity index is 677. The summed E-state index contributed by atoms with van der Waals surface area (Å²) in [7, 11) is 0. The van der Waals surface area contributed by atoms with Crippen LogP contribution in [0.1, 0.15) is 23.8 Å². The van der Waals surface area contributed by atoms with Crippen molar-refractivity contribution < 1.29 is 5.11 Å². The highest BCUT2D eigenvalue weighted by Crippen LogP contribution is 2.18. The molecule has 3 rings (SSSR count). The summed E-state index contributed by atoms with van der Waals surface area (Å²) >= 11 is 0. The molecule has 1 heterocycles. The Morgan fingerprint density at radius 1 is 0.905 bits per heavy atom. The number of aromatic nitrogens is 2. The minimum absolute atomic E-state index is 0.437. The smallest absolute Gasteiger partial charge is 0.0793 e. The zero-order valence-corrected chi connectivity index (χ0v) is 11.8. The lowest BCUT2D eigenvalue weighted by Crippen LogP contribution is -2.01. The average Bonchev–Trinajstić information content (AvgIpc) is 3.03. The summed E-state index contributed by atoms with van der Waals surface area (Å²) in [5.74, 6) is 0. The SMILES string of the molecule is OC(CCc1ccn(-c2ccccc2)n1)c1ccccc1. The fourth-order valence-electron chi connectivity index (χ4n) is 2.35. The number of aryl methyl sites for hydroxylation is 1. The molecule has 0 saturated heterocycles. The Morgan fingerprint density at radius 3 is 2.29 bits per heavy atom. The number of nitrogens with zero attached hydrogens (tertiary/aromatic N) is 2. The van der Waals surface area contributed by atoms with Crippen molar-refractivity contribution in [2.75, 3.05) is 0 Å². The van der Waals surface area contributed by atoms with Crippen LogP contribution in [-0.2, 0) is 6.42 Å². The Balaban J connectivity index is 1.63. The maximum absolute atomic E-state index is 10.2. The van der Waals surface area contributed by atoms with Gasteiger partial charge < -0.3 is 5.11 Å². The lowest BCUT2D eigenvalue weighted by molar-refractivity contribution is 0.167. The maximum Gasteiger partial charge on any atom is 0.0793 e. The first-order valence-corrected chi connectivity index (χ1v) is 7.16. The van der Waals surface area contributed by atoms with E-state index in [1.54, 1.807) is 0 Å². The van der Waals surface area contributed by atoms with Crippen LogP contribution in [0.4, 0.5) is 0 Å². The number of benzene rings is 2. The fraction of sp³-hybridized carbons (Fsp3) is 0.167. The highest BCUT2D eigenvalue weighted by molar-refractivity contribution is 5.30. The summed E-state index contributed by atoms with van der Waals surface area (Å²) < 4.78 is 1.87. The van der Waals surface area contributed by atoms with E-state index in [0.29, 0.717) is 6.42 Å². The third-order valence-corrected chi connectivity index (χ3v) is 3.52. The van der Waals surface area contributed by atoms with Crippen LogP contribution in [0.2, 0.25) is 0 Å².